The second kappa shape index (κ2) is 7.40. The number of aliphatic hydroxyl groups is 1. The Morgan fingerprint density at radius 2 is 2.18 bits per heavy atom. The minimum absolute atomic E-state index is 0.325. The maximum atomic E-state index is 10.5. The topological polar surface area (TPSA) is 72.6 Å². The highest BCUT2D eigenvalue weighted by Gasteiger charge is 2.29. The molecule has 0 amide bonds. The molecule has 94 valence electrons. The van der Waals surface area contributed by atoms with Crippen LogP contribution >= 0.6 is 0 Å². The van der Waals surface area contributed by atoms with E-state index in [-0.39, 0.29) is 5.70 Å². The third kappa shape index (κ3) is 3.88. The first-order valence-corrected chi connectivity index (χ1v) is 5.30. The van der Waals surface area contributed by atoms with Crippen LogP contribution in [0.4, 0.5) is 0 Å². The summed E-state index contributed by atoms with van der Waals surface area (Å²) < 4.78 is 4.93. The molecule has 1 atom stereocenters. The summed E-state index contributed by atoms with van der Waals surface area (Å²) in [6.45, 7) is 9.27. The van der Waals surface area contributed by atoms with E-state index in [4.69, 9.17) is 4.74 Å². The average Bonchev–Trinajstić information content (AvgIpc) is 2.33. The molecule has 0 fully saturated rings. The molecule has 1 aliphatic heterocycles. The summed E-state index contributed by atoms with van der Waals surface area (Å²) >= 11 is 0. The van der Waals surface area contributed by atoms with Crippen molar-refractivity contribution < 1.29 is 14.8 Å². The van der Waals surface area contributed by atoms with Gasteiger partial charge in [0.1, 0.15) is 5.76 Å². The molecule has 17 heavy (non-hydrogen) atoms. The number of hydrogen-bond donors (Lipinski definition) is 1. The van der Waals surface area contributed by atoms with E-state index in [1.54, 1.807) is 19.1 Å². The molecule has 0 spiro atoms. The largest absolute Gasteiger partial charge is 0.454 e. The Morgan fingerprint density at radius 1 is 1.59 bits per heavy atom. The van der Waals surface area contributed by atoms with E-state index >= 15 is 0 Å². The van der Waals surface area contributed by atoms with Gasteiger partial charge in [0.25, 0.3) is 6.29 Å². The van der Waals surface area contributed by atoms with Crippen molar-refractivity contribution in [2.45, 2.75) is 27.1 Å². The lowest BCUT2D eigenvalue weighted by atomic mass is 10.1. The fourth-order valence-corrected chi connectivity index (χ4v) is 1.17. The van der Waals surface area contributed by atoms with E-state index in [0.717, 1.165) is 0 Å². The normalized spacial score (nSPS) is 19.1. The van der Waals surface area contributed by atoms with Gasteiger partial charge in [-0.1, -0.05) is 32.6 Å². The van der Waals surface area contributed by atoms with Gasteiger partial charge in [0.2, 0.25) is 0 Å². The van der Waals surface area contributed by atoms with Gasteiger partial charge < -0.3 is 9.84 Å². The lowest BCUT2D eigenvalue weighted by Gasteiger charge is -2.17. The number of hydrogen-bond acceptors (Lipinski definition) is 4. The summed E-state index contributed by atoms with van der Waals surface area (Å²) in [4.78, 5) is 9.86. The fraction of sp³-hybridized carbons (Fsp3) is 0.333. The van der Waals surface area contributed by atoms with E-state index in [2.05, 4.69) is 6.58 Å². The minimum atomic E-state index is -1.54. The SMILES string of the molecule is C=CC1=C(/C=C\C)C=C([N+](=O)[O-])C(O)O1.CC. The number of nitro groups is 1. The first-order valence-electron chi connectivity index (χ1n) is 5.30. The molecule has 0 saturated carbocycles. The number of nitrogens with zero attached hydrogens (tertiary/aromatic N) is 1. The summed E-state index contributed by atoms with van der Waals surface area (Å²) in [6, 6.07) is 0. The molecule has 0 aromatic heterocycles. The summed E-state index contributed by atoms with van der Waals surface area (Å²) in [5, 5.41) is 19.8. The number of ether oxygens (including phenoxy) is 1. The van der Waals surface area contributed by atoms with Gasteiger partial charge in [-0.25, -0.2) is 0 Å². The monoisotopic (exact) mass is 239 g/mol. The van der Waals surface area contributed by atoms with Gasteiger partial charge in [0, 0.05) is 11.6 Å². The lowest BCUT2D eigenvalue weighted by molar-refractivity contribution is -0.446. The van der Waals surface area contributed by atoms with Crippen LogP contribution in [-0.2, 0) is 4.74 Å². The van der Waals surface area contributed by atoms with Gasteiger partial charge in [-0.3, -0.25) is 10.1 Å². The molecule has 1 heterocycles. The Labute approximate surface area is 101 Å². The van der Waals surface area contributed by atoms with Gasteiger partial charge in [-0.2, -0.15) is 0 Å². The van der Waals surface area contributed by atoms with Crippen LogP contribution in [0.15, 0.2) is 47.9 Å². The molecule has 1 N–H and O–H groups in total. The molecule has 5 nitrogen and oxygen atoms in total. The summed E-state index contributed by atoms with van der Waals surface area (Å²) in [5.41, 5.74) is 0.137. The van der Waals surface area contributed by atoms with E-state index in [1.807, 2.05) is 13.8 Å². The van der Waals surface area contributed by atoms with Crippen LogP contribution in [0.2, 0.25) is 0 Å². The zero-order chi connectivity index (χ0) is 13.4. The highest BCUT2D eigenvalue weighted by atomic mass is 16.7. The van der Waals surface area contributed by atoms with Crippen LogP contribution in [0, 0.1) is 10.1 Å². The molecule has 5 heteroatoms. The van der Waals surface area contributed by atoms with E-state index < -0.39 is 11.2 Å². The number of allylic oxidation sites excluding steroid dienone is 5. The van der Waals surface area contributed by atoms with Gasteiger partial charge in [-0.05, 0) is 13.0 Å². The van der Waals surface area contributed by atoms with Crippen molar-refractivity contribution in [3.05, 3.63) is 58.0 Å². The zero-order valence-corrected chi connectivity index (χ0v) is 10.2. The van der Waals surface area contributed by atoms with Crippen LogP contribution in [0.5, 0.6) is 0 Å². The predicted octanol–water partition coefficient (Wildman–Crippen LogP) is 2.54. The van der Waals surface area contributed by atoms with E-state index in [9.17, 15) is 15.2 Å². The molecule has 1 rings (SSSR count). The van der Waals surface area contributed by atoms with Crippen molar-refractivity contribution in [2.24, 2.45) is 0 Å². The second-order valence-corrected chi connectivity index (χ2v) is 2.82. The van der Waals surface area contributed by atoms with Crippen molar-refractivity contribution in [1.82, 2.24) is 0 Å². The van der Waals surface area contributed by atoms with Gasteiger partial charge in [0.05, 0.1) is 4.92 Å². The Bertz CT molecular complexity index is 380. The maximum Gasteiger partial charge on any atom is 0.314 e. The Morgan fingerprint density at radius 3 is 2.59 bits per heavy atom. The molecule has 0 aromatic carbocycles. The molecular formula is C12H17NO4. The highest BCUT2D eigenvalue weighted by Crippen LogP contribution is 2.23. The Balaban J connectivity index is 0.00000121. The molecule has 0 radical (unpaired) electrons. The Hall–Kier alpha value is -1.88. The maximum absolute atomic E-state index is 10.5. The molecule has 0 aromatic rings. The van der Waals surface area contributed by atoms with E-state index in [1.165, 1.54) is 12.2 Å². The van der Waals surface area contributed by atoms with Crippen LogP contribution in [0.25, 0.3) is 0 Å². The van der Waals surface area contributed by atoms with Gasteiger partial charge in [0.15, 0.2) is 0 Å². The average molecular weight is 239 g/mol. The lowest BCUT2D eigenvalue weighted by Crippen LogP contribution is -2.23. The van der Waals surface area contributed by atoms with Gasteiger partial charge in [-0.15, -0.1) is 0 Å². The molecule has 0 aliphatic carbocycles. The van der Waals surface area contributed by atoms with Crippen LogP contribution in [0.3, 0.4) is 0 Å². The fourth-order valence-electron chi connectivity index (χ4n) is 1.17. The van der Waals surface area contributed by atoms with Crippen molar-refractivity contribution in [3.63, 3.8) is 0 Å². The van der Waals surface area contributed by atoms with Crippen LogP contribution in [0.1, 0.15) is 20.8 Å². The zero-order valence-electron chi connectivity index (χ0n) is 10.2. The Kier molecular flexibility index (Phi) is 6.58. The van der Waals surface area contributed by atoms with Gasteiger partial charge >= 0.3 is 5.70 Å². The third-order valence-electron chi connectivity index (χ3n) is 1.82. The predicted molar refractivity (Wildman–Crippen MR) is 65.6 cm³/mol. The molecular weight excluding hydrogens is 222 g/mol. The number of rotatable bonds is 3. The minimum Gasteiger partial charge on any atom is -0.454 e. The first kappa shape index (κ1) is 15.1. The van der Waals surface area contributed by atoms with Crippen LogP contribution < -0.4 is 0 Å². The number of aliphatic hydroxyl groups excluding tert-OH is 1. The summed E-state index contributed by atoms with van der Waals surface area (Å²) in [7, 11) is 0. The van der Waals surface area contributed by atoms with Crippen molar-refractivity contribution in [1.29, 1.82) is 0 Å². The smallest absolute Gasteiger partial charge is 0.314 e. The standard InChI is InChI=1S/C10H11NO4.C2H6/c1-3-5-7-6-8(11(13)14)10(12)15-9(7)4-2;1-2/h3-6,10,12H,2H2,1H3;1-2H3/b5-3-;. The molecule has 1 aliphatic rings. The van der Waals surface area contributed by atoms with E-state index in [0.29, 0.717) is 11.3 Å². The molecule has 0 bridgehead atoms. The van der Waals surface area contributed by atoms with Crippen molar-refractivity contribution in [3.8, 4) is 0 Å². The molecule has 0 saturated heterocycles. The quantitative estimate of drug-likeness (QED) is 0.606. The van der Waals surface area contributed by atoms with Crippen molar-refractivity contribution >= 4 is 0 Å². The molecule has 1 unspecified atom stereocenters. The highest BCUT2D eigenvalue weighted by molar-refractivity contribution is 5.40. The van der Waals surface area contributed by atoms with Crippen LogP contribution in [-0.4, -0.2) is 16.3 Å². The van der Waals surface area contributed by atoms with Crippen molar-refractivity contribution in [2.75, 3.05) is 0 Å². The summed E-state index contributed by atoms with van der Waals surface area (Å²) in [6.07, 6.45) is 4.49. The second-order valence-electron chi connectivity index (χ2n) is 2.82. The third-order valence-corrected chi connectivity index (χ3v) is 1.82. The summed E-state index contributed by atoms with van der Waals surface area (Å²) in [5.74, 6) is 0.325. The first-order chi connectivity index (χ1) is 8.10.